The quantitative estimate of drug-likeness (QED) is 0.852. The van der Waals surface area contributed by atoms with Gasteiger partial charge in [-0.1, -0.05) is 20.3 Å². The molecule has 114 valence electrons. The molecule has 0 amide bonds. The van der Waals surface area contributed by atoms with Crippen molar-refractivity contribution in [3.05, 3.63) is 14.7 Å². The number of nitrogens with zero attached hydrogens (tertiary/aromatic N) is 1. The van der Waals surface area contributed by atoms with Gasteiger partial charge in [0.15, 0.2) is 0 Å². The number of piperidine rings is 1. The molecule has 2 heterocycles. The van der Waals surface area contributed by atoms with Crippen molar-refractivity contribution >= 4 is 37.3 Å². The van der Waals surface area contributed by atoms with Crippen LogP contribution in [0.2, 0.25) is 0 Å². The molecule has 1 saturated heterocycles. The van der Waals surface area contributed by atoms with E-state index in [1.54, 1.807) is 10.4 Å². The van der Waals surface area contributed by atoms with E-state index in [4.69, 9.17) is 0 Å². The minimum absolute atomic E-state index is 0.387. The molecule has 4 nitrogen and oxygen atoms in total. The lowest BCUT2D eigenvalue weighted by molar-refractivity contribution is 0.346. The Balaban J connectivity index is 2.18. The van der Waals surface area contributed by atoms with Crippen molar-refractivity contribution in [3.63, 3.8) is 0 Å². The molecule has 1 N–H and O–H groups in total. The van der Waals surface area contributed by atoms with Crippen LogP contribution < -0.4 is 5.32 Å². The lowest BCUT2D eigenvalue weighted by atomic mass is 10.2. The van der Waals surface area contributed by atoms with Gasteiger partial charge in [0.1, 0.15) is 4.90 Å². The molecule has 0 bridgehead atoms. The Labute approximate surface area is 133 Å². The number of rotatable bonds is 5. The van der Waals surface area contributed by atoms with Gasteiger partial charge in [-0.2, -0.15) is 4.31 Å². The molecule has 1 aliphatic heterocycles. The summed E-state index contributed by atoms with van der Waals surface area (Å²) in [5.41, 5.74) is 0. The van der Waals surface area contributed by atoms with Crippen LogP contribution in [0, 0.1) is 0 Å². The van der Waals surface area contributed by atoms with E-state index in [1.807, 2.05) is 0 Å². The van der Waals surface area contributed by atoms with Gasteiger partial charge >= 0.3 is 0 Å². The summed E-state index contributed by atoms with van der Waals surface area (Å²) in [7, 11) is -3.34. The van der Waals surface area contributed by atoms with Gasteiger partial charge in [-0.3, -0.25) is 0 Å². The number of thiophene rings is 1. The van der Waals surface area contributed by atoms with Crippen molar-refractivity contribution in [2.75, 3.05) is 13.1 Å². The van der Waals surface area contributed by atoms with Gasteiger partial charge in [-0.25, -0.2) is 8.42 Å². The van der Waals surface area contributed by atoms with Crippen molar-refractivity contribution in [2.24, 2.45) is 0 Å². The zero-order chi connectivity index (χ0) is 14.8. The molecule has 1 aromatic heterocycles. The maximum absolute atomic E-state index is 12.6. The van der Waals surface area contributed by atoms with Gasteiger partial charge < -0.3 is 5.32 Å². The fourth-order valence-electron chi connectivity index (χ4n) is 2.21. The van der Waals surface area contributed by atoms with Gasteiger partial charge in [0, 0.05) is 30.6 Å². The molecule has 0 radical (unpaired) electrons. The van der Waals surface area contributed by atoms with Crippen LogP contribution in [0.25, 0.3) is 0 Å². The second-order valence-electron chi connectivity index (χ2n) is 5.35. The smallest absolute Gasteiger partial charge is 0.245 e. The second kappa shape index (κ2) is 6.87. The first-order chi connectivity index (χ1) is 9.41. The normalized spacial score (nSPS) is 17.8. The first-order valence-electron chi connectivity index (χ1n) is 6.93. The summed E-state index contributed by atoms with van der Waals surface area (Å²) in [5, 5.41) is 3.31. The highest BCUT2D eigenvalue weighted by Crippen LogP contribution is 2.34. The molecular weight excluding hydrogens is 360 g/mol. The van der Waals surface area contributed by atoms with Crippen LogP contribution in [0.5, 0.6) is 0 Å². The zero-order valence-electron chi connectivity index (χ0n) is 11.9. The molecule has 1 aromatic rings. The monoisotopic (exact) mass is 380 g/mol. The SMILES string of the molecule is CC(C)NCc1cc(S(=O)(=O)N2CCCCC2)c(Br)s1. The lowest BCUT2D eigenvalue weighted by Crippen LogP contribution is -2.35. The van der Waals surface area contributed by atoms with Gasteiger partial charge in [0.05, 0.1) is 3.79 Å². The zero-order valence-corrected chi connectivity index (χ0v) is 15.1. The van der Waals surface area contributed by atoms with Gasteiger partial charge in [0.2, 0.25) is 10.0 Å². The minimum atomic E-state index is -3.34. The maximum Gasteiger partial charge on any atom is 0.245 e. The van der Waals surface area contributed by atoms with E-state index in [2.05, 4.69) is 35.1 Å². The van der Waals surface area contributed by atoms with Crippen LogP contribution in [-0.2, 0) is 16.6 Å². The Morgan fingerprint density at radius 3 is 2.60 bits per heavy atom. The van der Waals surface area contributed by atoms with Crippen molar-refractivity contribution in [3.8, 4) is 0 Å². The van der Waals surface area contributed by atoms with Crippen LogP contribution in [0.1, 0.15) is 38.0 Å². The number of halogens is 1. The van der Waals surface area contributed by atoms with Crippen molar-refractivity contribution in [1.82, 2.24) is 9.62 Å². The number of nitrogens with one attached hydrogen (secondary N) is 1. The third kappa shape index (κ3) is 3.82. The summed E-state index contributed by atoms with van der Waals surface area (Å²) in [6.45, 7) is 6.15. The molecule has 0 spiro atoms. The van der Waals surface area contributed by atoms with Gasteiger partial charge in [-0.15, -0.1) is 11.3 Å². The predicted molar refractivity (Wildman–Crippen MR) is 86.6 cm³/mol. The molecule has 0 unspecified atom stereocenters. The van der Waals surface area contributed by atoms with E-state index < -0.39 is 10.0 Å². The molecule has 1 fully saturated rings. The standard InChI is InChI=1S/C13H21BrN2O2S2/c1-10(2)15-9-11-8-12(13(14)19-11)20(17,18)16-6-4-3-5-7-16/h8,10,15H,3-7,9H2,1-2H3. The Bertz CT molecular complexity index is 549. The fourth-order valence-corrected chi connectivity index (χ4v) is 6.31. The van der Waals surface area contributed by atoms with Crippen molar-refractivity contribution in [2.45, 2.75) is 50.6 Å². The average Bonchev–Trinajstić information content (AvgIpc) is 2.79. The third-order valence-electron chi connectivity index (χ3n) is 3.32. The minimum Gasteiger partial charge on any atom is -0.310 e. The number of sulfonamides is 1. The highest BCUT2D eigenvalue weighted by atomic mass is 79.9. The highest BCUT2D eigenvalue weighted by Gasteiger charge is 2.29. The van der Waals surface area contributed by atoms with Crippen LogP contribution in [0.15, 0.2) is 14.7 Å². The predicted octanol–water partition coefficient (Wildman–Crippen LogP) is 3.18. The largest absolute Gasteiger partial charge is 0.310 e. The summed E-state index contributed by atoms with van der Waals surface area (Å²) >= 11 is 4.91. The topological polar surface area (TPSA) is 49.4 Å². The summed E-state index contributed by atoms with van der Waals surface area (Å²) in [6, 6.07) is 2.19. The van der Waals surface area contributed by atoms with Crippen LogP contribution in [0.3, 0.4) is 0 Å². The molecular formula is C13H21BrN2O2S2. The fraction of sp³-hybridized carbons (Fsp3) is 0.692. The van der Waals surface area contributed by atoms with Crippen LogP contribution in [-0.4, -0.2) is 31.9 Å². The highest BCUT2D eigenvalue weighted by molar-refractivity contribution is 9.11. The molecule has 2 rings (SSSR count). The third-order valence-corrected chi connectivity index (χ3v) is 7.47. The molecule has 0 aliphatic carbocycles. The Morgan fingerprint density at radius 1 is 1.35 bits per heavy atom. The number of hydrogen-bond donors (Lipinski definition) is 1. The van der Waals surface area contributed by atoms with E-state index in [0.717, 1.165) is 24.1 Å². The van der Waals surface area contributed by atoms with E-state index in [-0.39, 0.29) is 0 Å². The van der Waals surface area contributed by atoms with Crippen molar-refractivity contribution < 1.29 is 8.42 Å². The maximum atomic E-state index is 12.6. The molecule has 0 aromatic carbocycles. The van der Waals surface area contributed by atoms with Gasteiger partial charge in [-0.05, 0) is 34.8 Å². The van der Waals surface area contributed by atoms with E-state index in [0.29, 0.717) is 34.4 Å². The van der Waals surface area contributed by atoms with E-state index in [9.17, 15) is 8.42 Å². The van der Waals surface area contributed by atoms with E-state index >= 15 is 0 Å². The summed E-state index contributed by atoms with van der Waals surface area (Å²) in [6.07, 6.45) is 3.05. The molecule has 20 heavy (non-hydrogen) atoms. The van der Waals surface area contributed by atoms with Gasteiger partial charge in [0.25, 0.3) is 0 Å². The second-order valence-corrected chi connectivity index (χ2v) is 9.71. The Morgan fingerprint density at radius 2 is 2.00 bits per heavy atom. The summed E-state index contributed by atoms with van der Waals surface area (Å²) < 4.78 is 27.6. The summed E-state index contributed by atoms with van der Waals surface area (Å²) in [4.78, 5) is 1.46. The Hall–Kier alpha value is 0.0500. The first kappa shape index (κ1) is 16.4. The lowest BCUT2D eigenvalue weighted by Gasteiger charge is -2.25. The molecule has 0 saturated carbocycles. The molecule has 0 atom stereocenters. The van der Waals surface area contributed by atoms with Crippen molar-refractivity contribution in [1.29, 1.82) is 0 Å². The first-order valence-corrected chi connectivity index (χ1v) is 9.98. The number of hydrogen-bond acceptors (Lipinski definition) is 4. The van der Waals surface area contributed by atoms with E-state index in [1.165, 1.54) is 11.3 Å². The Kier molecular flexibility index (Phi) is 5.64. The molecule has 1 aliphatic rings. The molecule has 7 heteroatoms. The average molecular weight is 381 g/mol. The van der Waals surface area contributed by atoms with Crippen LogP contribution in [0.4, 0.5) is 0 Å². The summed E-state index contributed by atoms with van der Waals surface area (Å²) in [5.74, 6) is 0. The van der Waals surface area contributed by atoms with Crippen LogP contribution >= 0.6 is 27.3 Å².